The van der Waals surface area contributed by atoms with E-state index in [2.05, 4.69) is 31.6 Å². The average Bonchev–Trinajstić information content (AvgIpc) is 2.82. The van der Waals surface area contributed by atoms with Crippen LogP contribution in [0.25, 0.3) is 0 Å². The lowest BCUT2D eigenvalue weighted by molar-refractivity contribution is -0.122. The highest BCUT2D eigenvalue weighted by Gasteiger charge is 2.31. The van der Waals surface area contributed by atoms with Crippen LogP contribution in [0.1, 0.15) is 6.42 Å². The molecule has 6 nitrogen and oxygen atoms in total. The minimum absolute atomic E-state index is 0.107. The number of amides is 2. The van der Waals surface area contributed by atoms with Crippen LogP contribution in [0.15, 0.2) is 33.7 Å². The van der Waals surface area contributed by atoms with Gasteiger partial charge in [-0.15, -0.1) is 0 Å². The minimum Gasteiger partial charge on any atom is -0.383 e. The van der Waals surface area contributed by atoms with Gasteiger partial charge in [0.2, 0.25) is 11.8 Å². The van der Waals surface area contributed by atoms with Crippen LogP contribution in [0.5, 0.6) is 0 Å². The summed E-state index contributed by atoms with van der Waals surface area (Å²) in [5, 5.41) is 5.54. The zero-order chi connectivity index (χ0) is 15.9. The Kier molecular flexibility index (Phi) is 6.41. The van der Waals surface area contributed by atoms with Gasteiger partial charge in [-0.2, -0.15) is 0 Å². The van der Waals surface area contributed by atoms with Gasteiger partial charge < -0.3 is 15.4 Å². The van der Waals surface area contributed by atoms with Crippen LogP contribution in [-0.4, -0.2) is 42.5 Å². The summed E-state index contributed by atoms with van der Waals surface area (Å²) in [5.41, 5.74) is 0.700. The van der Waals surface area contributed by atoms with Crippen molar-refractivity contribution in [2.75, 3.05) is 25.6 Å². The zero-order valence-corrected chi connectivity index (χ0v) is 14.4. The van der Waals surface area contributed by atoms with Gasteiger partial charge in [-0.25, -0.2) is 0 Å². The molecular weight excluding hydrogens is 370 g/mol. The molecule has 1 aliphatic heterocycles. The Morgan fingerprint density at radius 1 is 1.45 bits per heavy atom. The number of halogens is 1. The molecule has 2 amide bonds. The third-order valence-electron chi connectivity index (χ3n) is 2.83. The molecule has 1 atom stereocenters. The van der Waals surface area contributed by atoms with E-state index in [0.717, 1.165) is 4.47 Å². The van der Waals surface area contributed by atoms with Crippen molar-refractivity contribution >= 4 is 50.4 Å². The number of anilines is 1. The topological polar surface area (TPSA) is 79.8 Å². The van der Waals surface area contributed by atoms with Crippen LogP contribution in [0, 0.1) is 0 Å². The number of aliphatic imine (C=N–C) groups is 1. The minimum atomic E-state index is -0.447. The van der Waals surface area contributed by atoms with E-state index >= 15 is 0 Å². The number of carbonyl (C=O) groups is 2. The molecule has 1 aromatic carbocycles. The molecule has 1 unspecified atom stereocenters. The normalized spacial score (nSPS) is 19.3. The fraction of sp³-hybridized carbons (Fsp3) is 0.357. The molecule has 8 heteroatoms. The van der Waals surface area contributed by atoms with Crippen molar-refractivity contribution in [3.63, 3.8) is 0 Å². The van der Waals surface area contributed by atoms with Crippen molar-refractivity contribution in [3.8, 4) is 0 Å². The first-order valence-corrected chi connectivity index (χ1v) is 8.32. The number of nitrogens with one attached hydrogen (secondary N) is 2. The third kappa shape index (κ3) is 5.11. The van der Waals surface area contributed by atoms with E-state index in [4.69, 9.17) is 4.74 Å². The highest BCUT2D eigenvalue weighted by molar-refractivity contribution is 9.10. The first-order valence-electron chi connectivity index (χ1n) is 6.65. The molecule has 0 aliphatic carbocycles. The van der Waals surface area contributed by atoms with Gasteiger partial charge in [-0.1, -0.05) is 27.7 Å². The monoisotopic (exact) mass is 385 g/mol. The highest BCUT2D eigenvalue weighted by atomic mass is 79.9. The number of thioether (sulfide) groups is 1. The van der Waals surface area contributed by atoms with E-state index in [-0.39, 0.29) is 18.2 Å². The van der Waals surface area contributed by atoms with Gasteiger partial charge in [0, 0.05) is 23.7 Å². The van der Waals surface area contributed by atoms with Crippen molar-refractivity contribution in [3.05, 3.63) is 28.7 Å². The lowest BCUT2D eigenvalue weighted by Gasteiger charge is -2.07. The van der Waals surface area contributed by atoms with Crippen LogP contribution < -0.4 is 10.6 Å². The Bertz CT molecular complexity index is 577. The largest absolute Gasteiger partial charge is 0.383 e. The smallest absolute Gasteiger partial charge is 0.240 e. The Balaban J connectivity index is 1.85. The van der Waals surface area contributed by atoms with Gasteiger partial charge in [0.1, 0.15) is 5.25 Å². The second kappa shape index (κ2) is 8.30. The molecule has 1 aliphatic rings. The Hall–Kier alpha value is -1.38. The quantitative estimate of drug-likeness (QED) is 0.734. The lowest BCUT2D eigenvalue weighted by Crippen LogP contribution is -2.28. The van der Waals surface area contributed by atoms with Gasteiger partial charge in [0.25, 0.3) is 0 Å². The molecule has 1 heterocycles. The van der Waals surface area contributed by atoms with Crippen molar-refractivity contribution < 1.29 is 14.3 Å². The summed E-state index contributed by atoms with van der Waals surface area (Å²) in [6.45, 7) is 0.978. The van der Waals surface area contributed by atoms with Crippen LogP contribution >= 0.6 is 27.7 Å². The number of ether oxygens (including phenoxy) is 1. The molecule has 0 spiro atoms. The maximum Gasteiger partial charge on any atom is 0.240 e. The first-order chi connectivity index (χ1) is 10.6. The number of hydrogen-bond donors (Lipinski definition) is 2. The summed E-state index contributed by atoms with van der Waals surface area (Å²) in [6, 6.07) is 7.27. The maximum absolute atomic E-state index is 12.0. The van der Waals surface area contributed by atoms with Crippen molar-refractivity contribution in [1.29, 1.82) is 0 Å². The fourth-order valence-corrected chi connectivity index (χ4v) is 3.03. The lowest BCUT2D eigenvalue weighted by atomic mass is 10.2. The summed E-state index contributed by atoms with van der Waals surface area (Å²) in [4.78, 5) is 28.0. The maximum atomic E-state index is 12.0. The van der Waals surface area contributed by atoms with Crippen LogP contribution in [0.2, 0.25) is 0 Å². The Morgan fingerprint density at radius 2 is 2.18 bits per heavy atom. The summed E-state index contributed by atoms with van der Waals surface area (Å²) in [6.07, 6.45) is 0.107. The molecule has 118 valence electrons. The van der Waals surface area contributed by atoms with E-state index in [0.29, 0.717) is 24.0 Å². The average molecular weight is 386 g/mol. The predicted molar refractivity (Wildman–Crippen MR) is 91.1 cm³/mol. The number of rotatable bonds is 6. The van der Waals surface area contributed by atoms with Gasteiger partial charge >= 0.3 is 0 Å². The Labute approximate surface area is 141 Å². The van der Waals surface area contributed by atoms with Crippen molar-refractivity contribution in [2.45, 2.75) is 11.7 Å². The van der Waals surface area contributed by atoms with Gasteiger partial charge in [0.05, 0.1) is 13.2 Å². The molecule has 2 N–H and O–H groups in total. The fourth-order valence-electron chi connectivity index (χ4n) is 1.77. The Morgan fingerprint density at radius 3 is 2.86 bits per heavy atom. The van der Waals surface area contributed by atoms with Crippen molar-refractivity contribution in [1.82, 2.24) is 5.32 Å². The van der Waals surface area contributed by atoms with E-state index in [1.165, 1.54) is 11.8 Å². The molecule has 2 rings (SSSR count). The van der Waals surface area contributed by atoms with Gasteiger partial charge in [-0.3, -0.25) is 14.6 Å². The van der Waals surface area contributed by atoms with E-state index in [9.17, 15) is 9.59 Å². The van der Waals surface area contributed by atoms with E-state index in [1.54, 1.807) is 19.2 Å². The number of carbonyl (C=O) groups excluding carboxylic acids is 2. The molecule has 1 fully saturated rings. The molecule has 0 radical (unpaired) electrons. The molecule has 22 heavy (non-hydrogen) atoms. The number of hydrogen-bond acceptors (Lipinski definition) is 5. The zero-order valence-electron chi connectivity index (χ0n) is 12.0. The second-order valence-corrected chi connectivity index (χ2v) is 6.64. The number of nitrogens with zero attached hydrogens (tertiary/aromatic N) is 1. The van der Waals surface area contributed by atoms with E-state index < -0.39 is 5.25 Å². The molecular formula is C14H16BrN3O3S. The third-order valence-corrected chi connectivity index (χ3v) is 4.47. The molecule has 1 saturated heterocycles. The molecule has 0 aromatic heterocycles. The summed E-state index contributed by atoms with van der Waals surface area (Å²) in [5.74, 6) is -0.389. The van der Waals surface area contributed by atoms with Crippen LogP contribution in [0.3, 0.4) is 0 Å². The molecule has 0 saturated carbocycles. The predicted octanol–water partition coefficient (Wildman–Crippen LogP) is 2.01. The number of methoxy groups -OCH3 is 1. The molecule has 0 bridgehead atoms. The number of benzene rings is 1. The first kappa shape index (κ1) is 17.0. The summed E-state index contributed by atoms with van der Waals surface area (Å²) < 4.78 is 5.84. The summed E-state index contributed by atoms with van der Waals surface area (Å²) in [7, 11) is 1.59. The number of amidine groups is 1. The van der Waals surface area contributed by atoms with Crippen LogP contribution in [-0.2, 0) is 14.3 Å². The second-order valence-electron chi connectivity index (χ2n) is 4.53. The van der Waals surface area contributed by atoms with Gasteiger partial charge in [0.15, 0.2) is 5.17 Å². The standard InChI is InChI=1S/C14H16BrN3O3S/c1-21-7-6-16-14-18-13(20)11(22-14)8-12(19)17-10-4-2-9(15)3-5-10/h2-5,11H,6-8H2,1H3,(H,17,19)(H,16,18,20). The SMILES string of the molecule is COCCN=C1NC(=O)C(CC(=O)Nc2ccc(Br)cc2)S1. The highest BCUT2D eigenvalue weighted by Crippen LogP contribution is 2.23. The van der Waals surface area contributed by atoms with Crippen LogP contribution in [0.4, 0.5) is 5.69 Å². The molecule has 1 aromatic rings. The van der Waals surface area contributed by atoms with Gasteiger partial charge in [-0.05, 0) is 24.3 Å². The van der Waals surface area contributed by atoms with E-state index in [1.807, 2.05) is 12.1 Å². The summed E-state index contributed by atoms with van der Waals surface area (Å²) >= 11 is 4.61. The van der Waals surface area contributed by atoms with Crippen molar-refractivity contribution in [2.24, 2.45) is 4.99 Å².